The third kappa shape index (κ3) is 2.90. The van der Waals surface area contributed by atoms with Gasteiger partial charge in [0.15, 0.2) is 0 Å². The van der Waals surface area contributed by atoms with Gasteiger partial charge in [0.25, 0.3) is 0 Å². The zero-order valence-electron chi connectivity index (χ0n) is 11.4. The molecule has 0 saturated carbocycles. The van der Waals surface area contributed by atoms with Crippen molar-refractivity contribution < 1.29 is 0 Å². The lowest BCUT2D eigenvalue weighted by Gasteiger charge is -2.23. The molecular weight excluding hydrogens is 206 g/mol. The summed E-state index contributed by atoms with van der Waals surface area (Å²) in [7, 11) is 0. The molecule has 0 spiro atoms. The van der Waals surface area contributed by atoms with E-state index >= 15 is 0 Å². The van der Waals surface area contributed by atoms with E-state index in [2.05, 4.69) is 50.4 Å². The predicted molar refractivity (Wildman–Crippen MR) is 74.1 cm³/mol. The van der Waals surface area contributed by atoms with E-state index in [1.54, 1.807) is 11.1 Å². The molecule has 0 amide bonds. The van der Waals surface area contributed by atoms with Crippen molar-refractivity contribution in [1.82, 2.24) is 5.32 Å². The van der Waals surface area contributed by atoms with E-state index in [1.165, 1.54) is 19.3 Å². The van der Waals surface area contributed by atoms with Crippen LogP contribution in [0.2, 0.25) is 0 Å². The van der Waals surface area contributed by atoms with Gasteiger partial charge in [-0.25, -0.2) is 0 Å². The molecule has 0 aromatic heterocycles. The first-order valence-corrected chi connectivity index (χ1v) is 7.03. The van der Waals surface area contributed by atoms with Gasteiger partial charge in [-0.05, 0) is 48.8 Å². The van der Waals surface area contributed by atoms with Crippen LogP contribution in [0.25, 0.3) is 0 Å². The highest BCUT2D eigenvalue weighted by Gasteiger charge is 2.31. The van der Waals surface area contributed by atoms with Crippen molar-refractivity contribution in [2.45, 2.75) is 46.1 Å². The number of fused-ring (bicyclic) bond motifs is 1. The second-order valence-corrected chi connectivity index (χ2v) is 5.72. The Balaban J connectivity index is 2.14. The van der Waals surface area contributed by atoms with Gasteiger partial charge in [-0.2, -0.15) is 0 Å². The van der Waals surface area contributed by atoms with Crippen LogP contribution in [0.1, 0.15) is 50.8 Å². The Labute approximate surface area is 106 Å². The molecule has 0 aliphatic heterocycles. The maximum Gasteiger partial charge on any atom is 0.0354 e. The Morgan fingerprint density at radius 2 is 2.06 bits per heavy atom. The fourth-order valence-electron chi connectivity index (χ4n) is 3.08. The summed E-state index contributed by atoms with van der Waals surface area (Å²) in [5.41, 5.74) is 3.11. The highest BCUT2D eigenvalue weighted by Crippen LogP contribution is 2.39. The number of benzene rings is 1. The fraction of sp³-hybridized carbons (Fsp3) is 0.625. The number of hydrogen-bond acceptors (Lipinski definition) is 1. The minimum atomic E-state index is 0.591. The molecule has 1 aromatic rings. The first-order valence-electron chi connectivity index (χ1n) is 7.03. The molecule has 0 saturated heterocycles. The van der Waals surface area contributed by atoms with Crippen LogP contribution < -0.4 is 5.32 Å². The van der Waals surface area contributed by atoms with Gasteiger partial charge < -0.3 is 5.32 Å². The molecule has 1 aliphatic rings. The standard InChI is InChI=1S/C16H25N/c1-4-9-17-16-14(10-12(2)3)11-13-7-5-6-8-15(13)16/h5-8,12,14,16-17H,4,9-11H2,1-3H3. The van der Waals surface area contributed by atoms with Gasteiger partial charge in [-0.3, -0.25) is 0 Å². The summed E-state index contributed by atoms with van der Waals surface area (Å²) in [5.74, 6) is 1.58. The van der Waals surface area contributed by atoms with E-state index in [1.807, 2.05) is 0 Å². The second kappa shape index (κ2) is 5.68. The molecule has 1 aromatic carbocycles. The van der Waals surface area contributed by atoms with Crippen LogP contribution in [-0.4, -0.2) is 6.54 Å². The minimum Gasteiger partial charge on any atom is -0.310 e. The third-order valence-corrected chi connectivity index (χ3v) is 3.73. The summed E-state index contributed by atoms with van der Waals surface area (Å²) in [6.07, 6.45) is 3.80. The molecule has 0 bridgehead atoms. The van der Waals surface area contributed by atoms with Crippen molar-refractivity contribution in [3.8, 4) is 0 Å². The molecule has 17 heavy (non-hydrogen) atoms. The molecule has 2 unspecified atom stereocenters. The Bertz CT molecular complexity index is 356. The summed E-state index contributed by atoms with van der Waals surface area (Å²) < 4.78 is 0. The van der Waals surface area contributed by atoms with E-state index in [0.29, 0.717) is 6.04 Å². The Kier molecular flexibility index (Phi) is 4.22. The molecule has 94 valence electrons. The number of hydrogen-bond donors (Lipinski definition) is 1. The molecule has 1 nitrogen and oxygen atoms in total. The average Bonchev–Trinajstić information content (AvgIpc) is 2.63. The van der Waals surface area contributed by atoms with Crippen LogP contribution in [0.5, 0.6) is 0 Å². The molecule has 1 N–H and O–H groups in total. The van der Waals surface area contributed by atoms with E-state index in [0.717, 1.165) is 18.4 Å². The molecule has 2 rings (SSSR count). The lowest BCUT2D eigenvalue weighted by Crippen LogP contribution is -2.26. The SMILES string of the molecule is CCCNC1c2ccccc2CC1CC(C)C. The monoisotopic (exact) mass is 231 g/mol. The van der Waals surface area contributed by atoms with E-state index in [-0.39, 0.29) is 0 Å². The largest absolute Gasteiger partial charge is 0.310 e. The smallest absolute Gasteiger partial charge is 0.0354 e. The number of nitrogens with one attached hydrogen (secondary N) is 1. The maximum absolute atomic E-state index is 3.74. The van der Waals surface area contributed by atoms with Gasteiger partial charge in [-0.15, -0.1) is 0 Å². The second-order valence-electron chi connectivity index (χ2n) is 5.72. The van der Waals surface area contributed by atoms with Crippen LogP contribution >= 0.6 is 0 Å². The van der Waals surface area contributed by atoms with Crippen LogP contribution in [0.4, 0.5) is 0 Å². The van der Waals surface area contributed by atoms with Crippen molar-refractivity contribution >= 4 is 0 Å². The third-order valence-electron chi connectivity index (χ3n) is 3.73. The zero-order chi connectivity index (χ0) is 12.3. The van der Waals surface area contributed by atoms with Crippen molar-refractivity contribution in [1.29, 1.82) is 0 Å². The molecular formula is C16H25N. The zero-order valence-corrected chi connectivity index (χ0v) is 11.4. The predicted octanol–water partition coefficient (Wildman–Crippen LogP) is 3.95. The summed E-state index contributed by atoms with van der Waals surface area (Å²) in [4.78, 5) is 0. The van der Waals surface area contributed by atoms with Gasteiger partial charge in [0.2, 0.25) is 0 Å². The number of rotatable bonds is 5. The Morgan fingerprint density at radius 1 is 1.29 bits per heavy atom. The topological polar surface area (TPSA) is 12.0 Å². The van der Waals surface area contributed by atoms with Crippen molar-refractivity contribution in [2.24, 2.45) is 11.8 Å². The van der Waals surface area contributed by atoms with Crippen LogP contribution in [0.3, 0.4) is 0 Å². The van der Waals surface area contributed by atoms with Gasteiger partial charge in [-0.1, -0.05) is 45.0 Å². The summed E-state index contributed by atoms with van der Waals surface area (Å²) in [6.45, 7) is 8.04. The van der Waals surface area contributed by atoms with Crippen LogP contribution in [-0.2, 0) is 6.42 Å². The molecule has 1 heteroatoms. The molecule has 1 aliphatic carbocycles. The quantitative estimate of drug-likeness (QED) is 0.809. The average molecular weight is 231 g/mol. The van der Waals surface area contributed by atoms with E-state index < -0.39 is 0 Å². The Morgan fingerprint density at radius 3 is 2.76 bits per heavy atom. The summed E-state index contributed by atoms with van der Waals surface area (Å²) >= 11 is 0. The highest BCUT2D eigenvalue weighted by atomic mass is 14.9. The molecule has 0 fully saturated rings. The van der Waals surface area contributed by atoms with Crippen molar-refractivity contribution in [3.05, 3.63) is 35.4 Å². The summed E-state index contributed by atoms with van der Waals surface area (Å²) in [5, 5.41) is 3.74. The Hall–Kier alpha value is -0.820. The van der Waals surface area contributed by atoms with Crippen LogP contribution in [0.15, 0.2) is 24.3 Å². The van der Waals surface area contributed by atoms with E-state index in [4.69, 9.17) is 0 Å². The lowest BCUT2D eigenvalue weighted by atomic mass is 9.91. The van der Waals surface area contributed by atoms with Crippen molar-refractivity contribution in [2.75, 3.05) is 6.54 Å². The van der Waals surface area contributed by atoms with Gasteiger partial charge >= 0.3 is 0 Å². The summed E-state index contributed by atoms with van der Waals surface area (Å²) in [6, 6.07) is 9.55. The lowest BCUT2D eigenvalue weighted by molar-refractivity contribution is 0.328. The molecule has 0 heterocycles. The van der Waals surface area contributed by atoms with Crippen LogP contribution in [0, 0.1) is 11.8 Å². The minimum absolute atomic E-state index is 0.591. The molecule has 0 radical (unpaired) electrons. The highest BCUT2D eigenvalue weighted by molar-refractivity contribution is 5.35. The van der Waals surface area contributed by atoms with E-state index in [9.17, 15) is 0 Å². The van der Waals surface area contributed by atoms with Gasteiger partial charge in [0.05, 0.1) is 0 Å². The normalized spacial score (nSPS) is 23.1. The molecule has 2 atom stereocenters. The van der Waals surface area contributed by atoms with Crippen molar-refractivity contribution in [3.63, 3.8) is 0 Å². The first-order chi connectivity index (χ1) is 8.22. The first kappa shape index (κ1) is 12.6. The fourth-order valence-corrected chi connectivity index (χ4v) is 3.08. The maximum atomic E-state index is 3.74. The van der Waals surface area contributed by atoms with Gasteiger partial charge in [0.1, 0.15) is 0 Å². The van der Waals surface area contributed by atoms with Gasteiger partial charge in [0, 0.05) is 6.04 Å².